The topological polar surface area (TPSA) is 61.8 Å². The molecule has 96 valence electrons. The molecule has 0 atom stereocenters. The molecule has 0 aromatic heterocycles. The van der Waals surface area contributed by atoms with Crippen LogP contribution in [0.4, 0.5) is 0 Å². The minimum Gasteiger partial charge on any atom is -0.466 e. The molecular formula is C10H21O5P. The standard InChI is InChI=1S/C10H21O5P/c1-4-5-8-15-10(11)7-6-9-16(12,13-2)14-3/h4-9H2,1-3H3. The molecule has 0 N–H and O–H groups in total. The van der Waals surface area contributed by atoms with Crippen molar-refractivity contribution >= 4 is 13.6 Å². The Labute approximate surface area is 97.0 Å². The number of hydrogen-bond acceptors (Lipinski definition) is 5. The molecule has 0 aromatic rings. The van der Waals surface area contributed by atoms with E-state index in [4.69, 9.17) is 13.8 Å². The molecule has 0 bridgehead atoms. The Kier molecular flexibility index (Phi) is 8.53. The maximum absolute atomic E-state index is 11.6. The summed E-state index contributed by atoms with van der Waals surface area (Å²) in [5.41, 5.74) is 0. The summed E-state index contributed by atoms with van der Waals surface area (Å²) in [5.74, 6) is -0.257. The third-order valence-electron chi connectivity index (χ3n) is 2.13. The highest BCUT2D eigenvalue weighted by Crippen LogP contribution is 2.46. The van der Waals surface area contributed by atoms with Crippen LogP contribution < -0.4 is 0 Å². The Morgan fingerprint density at radius 3 is 2.31 bits per heavy atom. The van der Waals surface area contributed by atoms with Gasteiger partial charge in [0.15, 0.2) is 0 Å². The number of unbranched alkanes of at least 4 members (excludes halogenated alkanes) is 1. The van der Waals surface area contributed by atoms with E-state index in [2.05, 4.69) is 0 Å². The maximum Gasteiger partial charge on any atom is 0.330 e. The average Bonchev–Trinajstić information content (AvgIpc) is 2.29. The Hall–Kier alpha value is -0.380. The summed E-state index contributed by atoms with van der Waals surface area (Å²) >= 11 is 0. The van der Waals surface area contributed by atoms with Crippen LogP contribution in [0.25, 0.3) is 0 Å². The normalized spacial score (nSPS) is 11.4. The molecule has 0 radical (unpaired) electrons. The van der Waals surface area contributed by atoms with Crippen molar-refractivity contribution in [3.8, 4) is 0 Å². The van der Waals surface area contributed by atoms with Crippen LogP contribution in [-0.2, 0) is 23.1 Å². The first kappa shape index (κ1) is 15.6. The fourth-order valence-corrected chi connectivity index (χ4v) is 2.14. The molecule has 0 saturated heterocycles. The monoisotopic (exact) mass is 252 g/mol. The molecule has 0 rings (SSSR count). The lowest BCUT2D eigenvalue weighted by Crippen LogP contribution is -2.07. The minimum absolute atomic E-state index is 0.239. The number of rotatable bonds is 9. The van der Waals surface area contributed by atoms with Crippen molar-refractivity contribution in [3.63, 3.8) is 0 Å². The lowest BCUT2D eigenvalue weighted by molar-refractivity contribution is -0.143. The highest BCUT2D eigenvalue weighted by atomic mass is 31.2. The summed E-state index contributed by atoms with van der Waals surface area (Å²) in [6, 6.07) is 0. The maximum atomic E-state index is 11.6. The van der Waals surface area contributed by atoms with Gasteiger partial charge in [-0.1, -0.05) is 13.3 Å². The van der Waals surface area contributed by atoms with Crippen molar-refractivity contribution in [3.05, 3.63) is 0 Å². The van der Waals surface area contributed by atoms with Crippen LogP contribution in [-0.4, -0.2) is 33.0 Å². The molecule has 0 aromatic carbocycles. The molecule has 6 heteroatoms. The van der Waals surface area contributed by atoms with Crippen LogP contribution in [0.1, 0.15) is 32.6 Å². The fraction of sp³-hybridized carbons (Fsp3) is 0.900. The van der Waals surface area contributed by atoms with Gasteiger partial charge in [0.1, 0.15) is 0 Å². The molecule has 0 heterocycles. The van der Waals surface area contributed by atoms with Crippen LogP contribution in [0.5, 0.6) is 0 Å². The van der Waals surface area contributed by atoms with E-state index in [0.717, 1.165) is 12.8 Å². The summed E-state index contributed by atoms with van der Waals surface area (Å²) in [6.07, 6.45) is 2.81. The van der Waals surface area contributed by atoms with Gasteiger partial charge < -0.3 is 13.8 Å². The van der Waals surface area contributed by atoms with Crippen LogP contribution in [0.3, 0.4) is 0 Å². The van der Waals surface area contributed by atoms with E-state index in [9.17, 15) is 9.36 Å². The first-order chi connectivity index (χ1) is 7.58. The molecule has 0 spiro atoms. The van der Waals surface area contributed by atoms with Crippen LogP contribution in [0.2, 0.25) is 0 Å². The average molecular weight is 252 g/mol. The molecule has 0 fully saturated rings. The third-order valence-corrected chi connectivity index (χ3v) is 4.11. The van der Waals surface area contributed by atoms with Gasteiger partial charge in [-0.25, -0.2) is 0 Å². The highest BCUT2D eigenvalue weighted by Gasteiger charge is 2.20. The fourth-order valence-electron chi connectivity index (χ4n) is 1.08. The summed E-state index contributed by atoms with van der Waals surface area (Å²) < 4.78 is 26.0. The first-order valence-corrected chi connectivity index (χ1v) is 7.17. The summed E-state index contributed by atoms with van der Waals surface area (Å²) in [7, 11) is -0.302. The van der Waals surface area contributed by atoms with Gasteiger partial charge in [-0.2, -0.15) is 0 Å². The second-order valence-electron chi connectivity index (χ2n) is 3.38. The predicted molar refractivity (Wildman–Crippen MR) is 61.6 cm³/mol. The van der Waals surface area contributed by atoms with Crippen molar-refractivity contribution in [1.82, 2.24) is 0 Å². The van der Waals surface area contributed by atoms with E-state index in [-0.39, 0.29) is 18.6 Å². The molecule has 0 unspecified atom stereocenters. The first-order valence-electron chi connectivity index (χ1n) is 5.44. The van der Waals surface area contributed by atoms with Crippen LogP contribution in [0.15, 0.2) is 0 Å². The zero-order valence-electron chi connectivity index (χ0n) is 10.2. The smallest absolute Gasteiger partial charge is 0.330 e. The largest absolute Gasteiger partial charge is 0.466 e. The van der Waals surface area contributed by atoms with E-state index >= 15 is 0 Å². The van der Waals surface area contributed by atoms with Crippen molar-refractivity contribution in [2.45, 2.75) is 32.6 Å². The summed E-state index contributed by atoms with van der Waals surface area (Å²) in [4.78, 5) is 11.2. The lowest BCUT2D eigenvalue weighted by Gasteiger charge is -2.12. The van der Waals surface area contributed by atoms with Crippen molar-refractivity contribution in [2.24, 2.45) is 0 Å². The van der Waals surface area contributed by atoms with Gasteiger partial charge in [-0.3, -0.25) is 9.36 Å². The van der Waals surface area contributed by atoms with Gasteiger partial charge in [0.2, 0.25) is 0 Å². The second kappa shape index (κ2) is 8.74. The van der Waals surface area contributed by atoms with Gasteiger partial charge in [0.25, 0.3) is 0 Å². The van der Waals surface area contributed by atoms with Gasteiger partial charge in [0, 0.05) is 20.6 Å². The van der Waals surface area contributed by atoms with E-state index in [1.54, 1.807) is 0 Å². The van der Waals surface area contributed by atoms with Crippen molar-refractivity contribution in [1.29, 1.82) is 0 Å². The zero-order valence-corrected chi connectivity index (χ0v) is 11.1. The van der Waals surface area contributed by atoms with E-state index in [1.807, 2.05) is 6.92 Å². The number of carbonyl (C=O) groups is 1. The van der Waals surface area contributed by atoms with Crippen LogP contribution in [0, 0.1) is 0 Å². The second-order valence-corrected chi connectivity index (χ2v) is 5.78. The number of ether oxygens (including phenoxy) is 1. The van der Waals surface area contributed by atoms with Gasteiger partial charge in [-0.15, -0.1) is 0 Å². The third kappa shape index (κ3) is 6.99. The number of esters is 1. The molecule has 5 nitrogen and oxygen atoms in total. The molecule has 0 aliphatic rings. The summed E-state index contributed by atoms with van der Waals surface area (Å²) in [6.45, 7) is 2.49. The Morgan fingerprint density at radius 1 is 1.19 bits per heavy atom. The van der Waals surface area contributed by atoms with E-state index < -0.39 is 7.60 Å². The van der Waals surface area contributed by atoms with Crippen LogP contribution >= 0.6 is 7.60 Å². The van der Waals surface area contributed by atoms with E-state index in [1.165, 1.54) is 14.2 Å². The lowest BCUT2D eigenvalue weighted by atomic mass is 10.3. The number of hydrogen-bond donors (Lipinski definition) is 0. The predicted octanol–water partition coefficient (Wildman–Crippen LogP) is 2.60. The Morgan fingerprint density at radius 2 is 1.81 bits per heavy atom. The van der Waals surface area contributed by atoms with E-state index in [0.29, 0.717) is 13.0 Å². The SMILES string of the molecule is CCCCOC(=O)CCCP(=O)(OC)OC. The van der Waals surface area contributed by atoms with Gasteiger partial charge in [-0.05, 0) is 12.8 Å². The Bertz CT molecular complexity index is 233. The van der Waals surface area contributed by atoms with Crippen molar-refractivity contribution in [2.75, 3.05) is 27.0 Å². The molecule has 16 heavy (non-hydrogen) atoms. The molecular weight excluding hydrogens is 231 g/mol. The summed E-state index contributed by atoms with van der Waals surface area (Å²) in [5, 5.41) is 0. The molecule has 0 aliphatic heterocycles. The molecule has 0 saturated carbocycles. The molecule has 0 amide bonds. The minimum atomic E-state index is -2.98. The van der Waals surface area contributed by atoms with Gasteiger partial charge in [0.05, 0.1) is 12.8 Å². The number of carbonyl (C=O) groups excluding carboxylic acids is 1. The molecule has 0 aliphatic carbocycles. The zero-order chi connectivity index (χ0) is 12.4. The van der Waals surface area contributed by atoms with Gasteiger partial charge >= 0.3 is 13.6 Å². The highest BCUT2D eigenvalue weighted by molar-refractivity contribution is 7.53. The quantitative estimate of drug-likeness (QED) is 0.358. The van der Waals surface area contributed by atoms with Crippen molar-refractivity contribution < 1.29 is 23.1 Å². The Balaban J connectivity index is 3.65.